The summed E-state index contributed by atoms with van der Waals surface area (Å²) < 4.78 is 5.62. The summed E-state index contributed by atoms with van der Waals surface area (Å²) in [6.45, 7) is 0. The van der Waals surface area contributed by atoms with Crippen LogP contribution >= 0.6 is 0 Å². The summed E-state index contributed by atoms with van der Waals surface area (Å²) in [5, 5.41) is 19.5. The smallest absolute Gasteiger partial charge is 0.339 e. The van der Waals surface area contributed by atoms with Crippen LogP contribution in [-0.2, 0) is 0 Å². The molecule has 6 heteroatoms. The topological polar surface area (TPSA) is 96.7 Å². The van der Waals surface area contributed by atoms with Gasteiger partial charge in [-0.3, -0.25) is 0 Å². The molecule has 6 nitrogen and oxygen atoms in total. The Bertz CT molecular complexity index is 1360. The van der Waals surface area contributed by atoms with Crippen molar-refractivity contribution >= 4 is 22.8 Å². The monoisotopic (exact) mass is 409 g/mol. The highest BCUT2D eigenvalue weighted by Gasteiger charge is 2.15. The fourth-order valence-electron chi connectivity index (χ4n) is 2.92. The van der Waals surface area contributed by atoms with E-state index < -0.39 is 11.9 Å². The van der Waals surface area contributed by atoms with E-state index in [1.165, 1.54) is 18.2 Å². The Morgan fingerprint density at radius 1 is 0.806 bits per heavy atom. The summed E-state index contributed by atoms with van der Waals surface area (Å²) >= 11 is 0. The van der Waals surface area contributed by atoms with Gasteiger partial charge < -0.3 is 14.9 Å². The molecule has 31 heavy (non-hydrogen) atoms. The van der Waals surface area contributed by atoms with Crippen LogP contribution in [-0.4, -0.2) is 27.1 Å². The van der Waals surface area contributed by atoms with Crippen molar-refractivity contribution in [2.75, 3.05) is 0 Å². The van der Waals surface area contributed by atoms with E-state index in [1.54, 1.807) is 24.3 Å². The van der Waals surface area contributed by atoms with Crippen LogP contribution < -0.4 is 4.74 Å². The first-order valence-electron chi connectivity index (χ1n) is 9.26. The molecule has 0 aliphatic carbocycles. The summed E-state index contributed by atoms with van der Waals surface area (Å²) in [7, 11) is 0. The summed E-state index contributed by atoms with van der Waals surface area (Å²) in [6.07, 6.45) is 0. The molecule has 1 aromatic heterocycles. The summed E-state index contributed by atoms with van der Waals surface area (Å²) in [5.74, 6) is 3.98. The van der Waals surface area contributed by atoms with Crippen molar-refractivity contribution in [2.24, 2.45) is 0 Å². The second-order valence-corrected chi connectivity index (χ2v) is 6.59. The molecule has 0 aliphatic rings. The van der Waals surface area contributed by atoms with Crippen molar-refractivity contribution in [1.82, 2.24) is 4.98 Å². The standard InChI is InChI=1S/C25H15NO5/c27-24(28)18-9-14-21(25(29)30)23(15-18)31-20-12-6-16(7-13-20)5-10-19-11-8-17-3-1-2-4-22(17)26-19/h1-4,6-9,11-15H,(H,27,28)(H,29,30). The molecule has 4 aromatic rings. The number of carbonyl (C=O) groups is 2. The molecule has 0 radical (unpaired) electrons. The molecular formula is C25H15NO5. The molecule has 2 N–H and O–H groups in total. The van der Waals surface area contributed by atoms with Gasteiger partial charge in [-0.05, 0) is 60.5 Å². The van der Waals surface area contributed by atoms with E-state index in [0.29, 0.717) is 11.4 Å². The first-order chi connectivity index (χ1) is 15.0. The molecule has 0 fully saturated rings. The average Bonchev–Trinajstić information content (AvgIpc) is 2.78. The van der Waals surface area contributed by atoms with Crippen molar-refractivity contribution in [1.29, 1.82) is 0 Å². The molecule has 0 amide bonds. The lowest BCUT2D eigenvalue weighted by Crippen LogP contribution is -2.03. The molecule has 150 valence electrons. The van der Waals surface area contributed by atoms with Crippen molar-refractivity contribution < 1.29 is 24.5 Å². The van der Waals surface area contributed by atoms with Crippen molar-refractivity contribution in [3.05, 3.63) is 101 Å². The van der Waals surface area contributed by atoms with E-state index in [-0.39, 0.29) is 16.9 Å². The van der Waals surface area contributed by atoms with Crippen LogP contribution in [0.3, 0.4) is 0 Å². The third kappa shape index (κ3) is 4.52. The van der Waals surface area contributed by atoms with E-state index in [0.717, 1.165) is 16.5 Å². The highest BCUT2D eigenvalue weighted by molar-refractivity contribution is 5.94. The highest BCUT2D eigenvalue weighted by atomic mass is 16.5. The maximum Gasteiger partial charge on any atom is 0.339 e. The minimum Gasteiger partial charge on any atom is -0.478 e. The van der Waals surface area contributed by atoms with Gasteiger partial charge in [0, 0.05) is 10.9 Å². The Balaban J connectivity index is 1.55. The average molecular weight is 409 g/mol. The van der Waals surface area contributed by atoms with Crippen molar-refractivity contribution in [2.45, 2.75) is 0 Å². The van der Waals surface area contributed by atoms with Gasteiger partial charge in [0.2, 0.25) is 0 Å². The molecule has 0 saturated carbocycles. The zero-order valence-corrected chi connectivity index (χ0v) is 16.1. The molecule has 3 aromatic carbocycles. The molecule has 1 heterocycles. The van der Waals surface area contributed by atoms with Gasteiger partial charge in [0.25, 0.3) is 0 Å². The van der Waals surface area contributed by atoms with E-state index >= 15 is 0 Å². The van der Waals surface area contributed by atoms with Gasteiger partial charge in [-0.1, -0.05) is 30.2 Å². The van der Waals surface area contributed by atoms with Crippen molar-refractivity contribution in [3.8, 4) is 23.3 Å². The van der Waals surface area contributed by atoms with E-state index in [2.05, 4.69) is 16.8 Å². The molecular weight excluding hydrogens is 394 g/mol. The Labute approximate surface area is 177 Å². The summed E-state index contributed by atoms with van der Waals surface area (Å²) in [5.41, 5.74) is 2.05. The number of pyridine rings is 1. The molecule has 0 spiro atoms. The number of para-hydroxylation sites is 1. The lowest BCUT2D eigenvalue weighted by Gasteiger charge is -2.09. The van der Waals surface area contributed by atoms with Crippen molar-refractivity contribution in [3.63, 3.8) is 0 Å². The van der Waals surface area contributed by atoms with Gasteiger partial charge >= 0.3 is 11.9 Å². The van der Waals surface area contributed by atoms with Gasteiger partial charge in [-0.15, -0.1) is 0 Å². The van der Waals surface area contributed by atoms with Gasteiger partial charge in [-0.25, -0.2) is 14.6 Å². The zero-order valence-electron chi connectivity index (χ0n) is 16.1. The molecule has 0 unspecified atom stereocenters. The van der Waals surface area contributed by atoms with Gasteiger partial charge in [-0.2, -0.15) is 0 Å². The normalized spacial score (nSPS) is 10.2. The Hall–Kier alpha value is -4.63. The van der Waals surface area contributed by atoms with E-state index in [9.17, 15) is 14.7 Å². The third-order valence-corrected chi connectivity index (χ3v) is 4.47. The number of carboxylic acid groups (broad SMARTS) is 2. The first kappa shape index (κ1) is 19.7. The summed E-state index contributed by atoms with van der Waals surface area (Å²) in [6, 6.07) is 22.0. The van der Waals surface area contributed by atoms with Crippen LogP contribution in [0.1, 0.15) is 32.0 Å². The first-order valence-corrected chi connectivity index (χ1v) is 9.26. The molecule has 0 atom stereocenters. The molecule has 0 bridgehead atoms. The quantitative estimate of drug-likeness (QED) is 0.469. The number of carboxylic acids is 2. The predicted molar refractivity (Wildman–Crippen MR) is 115 cm³/mol. The molecule has 0 aliphatic heterocycles. The van der Waals surface area contributed by atoms with E-state index in [1.807, 2.05) is 36.4 Å². The SMILES string of the molecule is O=C(O)c1ccc(C(=O)O)c(Oc2ccc(C#Cc3ccc4ccccc4n3)cc2)c1. The molecule has 4 rings (SSSR count). The third-order valence-electron chi connectivity index (χ3n) is 4.47. The van der Waals surface area contributed by atoms with Crippen LogP contribution in [0.5, 0.6) is 11.5 Å². The van der Waals surface area contributed by atoms with Crippen LogP contribution in [0.4, 0.5) is 0 Å². The number of hydrogen-bond acceptors (Lipinski definition) is 4. The fourth-order valence-corrected chi connectivity index (χ4v) is 2.92. The van der Waals surface area contributed by atoms with Gasteiger partial charge in [0.05, 0.1) is 11.1 Å². The number of rotatable bonds is 4. The van der Waals surface area contributed by atoms with Crippen LogP contribution in [0.15, 0.2) is 78.9 Å². The number of aromatic carboxylic acids is 2. The van der Waals surface area contributed by atoms with Crippen LogP contribution in [0.2, 0.25) is 0 Å². The number of fused-ring (bicyclic) bond motifs is 1. The predicted octanol–water partition coefficient (Wildman–Crippen LogP) is 4.82. The minimum atomic E-state index is -1.21. The second-order valence-electron chi connectivity index (χ2n) is 6.59. The minimum absolute atomic E-state index is 0.0494. The Kier molecular flexibility index (Phi) is 5.33. The number of ether oxygens (including phenoxy) is 1. The Morgan fingerprint density at radius 2 is 1.58 bits per heavy atom. The fraction of sp³-hybridized carbons (Fsp3) is 0. The van der Waals surface area contributed by atoms with Gasteiger partial charge in [0.1, 0.15) is 22.8 Å². The number of aromatic nitrogens is 1. The van der Waals surface area contributed by atoms with Gasteiger partial charge in [0.15, 0.2) is 0 Å². The van der Waals surface area contributed by atoms with E-state index in [4.69, 9.17) is 9.84 Å². The molecule has 0 saturated heterocycles. The number of nitrogens with zero attached hydrogens (tertiary/aromatic N) is 1. The zero-order chi connectivity index (χ0) is 21.8. The number of hydrogen-bond donors (Lipinski definition) is 2. The van der Waals surface area contributed by atoms with Crippen LogP contribution in [0, 0.1) is 11.8 Å². The lowest BCUT2D eigenvalue weighted by molar-refractivity contribution is 0.0678. The maximum absolute atomic E-state index is 11.4. The maximum atomic E-state index is 11.4. The largest absolute Gasteiger partial charge is 0.478 e. The Morgan fingerprint density at radius 3 is 2.32 bits per heavy atom. The van der Waals surface area contributed by atoms with Crippen LogP contribution in [0.25, 0.3) is 10.9 Å². The number of benzene rings is 3. The summed E-state index contributed by atoms with van der Waals surface area (Å²) in [4.78, 5) is 27.1. The second kappa shape index (κ2) is 8.39. The lowest BCUT2D eigenvalue weighted by atomic mass is 10.1. The highest BCUT2D eigenvalue weighted by Crippen LogP contribution is 2.27.